The summed E-state index contributed by atoms with van der Waals surface area (Å²) in [6, 6.07) is 17.5. The Morgan fingerprint density at radius 2 is 1.74 bits per heavy atom. The number of aryl methyl sites for hydroxylation is 1. The minimum atomic E-state index is 0.0522. The smallest absolute Gasteiger partial charge is 0.265 e. The lowest BCUT2D eigenvalue weighted by Crippen LogP contribution is -2.48. The van der Waals surface area contributed by atoms with Crippen LogP contribution in [0.15, 0.2) is 59.1 Å². The van der Waals surface area contributed by atoms with E-state index in [4.69, 9.17) is 9.26 Å². The largest absolute Gasteiger partial charge is 0.497 e. The van der Waals surface area contributed by atoms with Gasteiger partial charge < -0.3 is 14.2 Å². The van der Waals surface area contributed by atoms with Gasteiger partial charge in [0.2, 0.25) is 11.7 Å². The second kappa shape index (κ2) is 9.74. The van der Waals surface area contributed by atoms with Gasteiger partial charge in [-0.3, -0.25) is 9.69 Å². The Hall–Kier alpha value is -3.56. The highest BCUT2D eigenvalue weighted by molar-refractivity contribution is 7.17. The molecule has 4 aromatic rings. The Balaban J connectivity index is 1.18. The quantitative estimate of drug-likeness (QED) is 0.414. The molecule has 1 saturated heterocycles. The number of piperazine rings is 1. The van der Waals surface area contributed by atoms with Crippen LogP contribution in [-0.2, 0) is 6.54 Å². The van der Waals surface area contributed by atoms with Crippen LogP contribution in [-0.4, -0.2) is 64.1 Å². The molecule has 9 heteroatoms. The highest BCUT2D eigenvalue weighted by atomic mass is 32.1. The van der Waals surface area contributed by atoms with Gasteiger partial charge in [-0.1, -0.05) is 35.5 Å². The highest BCUT2D eigenvalue weighted by Gasteiger charge is 2.26. The lowest BCUT2D eigenvalue weighted by atomic mass is 10.2. The molecule has 8 nitrogen and oxygen atoms in total. The van der Waals surface area contributed by atoms with Crippen LogP contribution >= 0.6 is 11.3 Å². The number of amides is 1. The molecular formula is C25H25N5O3S. The summed E-state index contributed by atoms with van der Waals surface area (Å²) in [6.07, 6.45) is 0. The number of benzene rings is 2. The molecular weight excluding hydrogens is 450 g/mol. The Kier molecular flexibility index (Phi) is 6.37. The fraction of sp³-hybridized carbons (Fsp3) is 0.280. The van der Waals surface area contributed by atoms with Gasteiger partial charge in [0.1, 0.15) is 15.6 Å². The molecule has 0 spiro atoms. The Morgan fingerprint density at radius 3 is 2.44 bits per heavy atom. The minimum absolute atomic E-state index is 0.0522. The maximum Gasteiger partial charge on any atom is 0.265 e. The molecule has 3 heterocycles. The van der Waals surface area contributed by atoms with Crippen LogP contribution in [0.4, 0.5) is 0 Å². The molecule has 0 N–H and O–H groups in total. The topological polar surface area (TPSA) is 84.6 Å². The van der Waals surface area contributed by atoms with E-state index in [-0.39, 0.29) is 5.91 Å². The van der Waals surface area contributed by atoms with E-state index in [9.17, 15) is 4.79 Å². The van der Waals surface area contributed by atoms with E-state index in [0.717, 1.165) is 40.7 Å². The van der Waals surface area contributed by atoms with E-state index in [2.05, 4.69) is 20.0 Å². The lowest BCUT2D eigenvalue weighted by Gasteiger charge is -2.33. The zero-order valence-corrected chi connectivity index (χ0v) is 19.9. The summed E-state index contributed by atoms with van der Waals surface area (Å²) in [6.45, 7) is 5.25. The van der Waals surface area contributed by atoms with Gasteiger partial charge in [0.05, 0.1) is 19.3 Å². The molecule has 0 aliphatic carbocycles. The molecule has 0 radical (unpaired) electrons. The van der Waals surface area contributed by atoms with Crippen LogP contribution in [0.3, 0.4) is 0 Å². The van der Waals surface area contributed by atoms with Gasteiger partial charge in [0, 0.05) is 37.3 Å². The van der Waals surface area contributed by atoms with Crippen LogP contribution in [0.2, 0.25) is 0 Å². The molecule has 1 aliphatic heterocycles. The minimum Gasteiger partial charge on any atom is -0.497 e. The molecule has 0 unspecified atom stereocenters. The average molecular weight is 476 g/mol. The first-order valence-electron chi connectivity index (χ1n) is 11.1. The Bertz CT molecular complexity index is 1260. The standard InChI is InChI=1S/C25H25N5O3S/c1-17-22(34-24(26-17)19-6-4-3-5-7-19)25(31)30-14-12-29(13-15-30)16-21-27-23(28-33-21)18-8-10-20(32-2)11-9-18/h3-11H,12-16H2,1-2H3. The Morgan fingerprint density at radius 1 is 1.00 bits per heavy atom. The number of methoxy groups -OCH3 is 1. The van der Waals surface area contributed by atoms with Crippen molar-refractivity contribution in [2.45, 2.75) is 13.5 Å². The van der Waals surface area contributed by atoms with Crippen LogP contribution < -0.4 is 4.74 Å². The summed E-state index contributed by atoms with van der Waals surface area (Å²) in [5.41, 5.74) is 2.70. The van der Waals surface area contributed by atoms with Crippen molar-refractivity contribution in [3.8, 4) is 27.7 Å². The van der Waals surface area contributed by atoms with Gasteiger partial charge in [-0.05, 0) is 31.2 Å². The lowest BCUT2D eigenvalue weighted by molar-refractivity contribution is 0.0619. The summed E-state index contributed by atoms with van der Waals surface area (Å²) >= 11 is 1.46. The molecule has 34 heavy (non-hydrogen) atoms. The SMILES string of the molecule is COc1ccc(-c2noc(CN3CCN(C(=O)c4sc(-c5ccccc5)nc4C)CC3)n2)cc1. The normalized spacial score (nSPS) is 14.4. The number of carbonyl (C=O) groups is 1. The number of hydrogen-bond acceptors (Lipinski definition) is 8. The highest BCUT2D eigenvalue weighted by Crippen LogP contribution is 2.29. The van der Waals surface area contributed by atoms with Crippen molar-refractivity contribution < 1.29 is 14.1 Å². The zero-order chi connectivity index (χ0) is 23.5. The van der Waals surface area contributed by atoms with Crippen molar-refractivity contribution >= 4 is 17.2 Å². The number of rotatable bonds is 6. The van der Waals surface area contributed by atoms with Crippen LogP contribution in [0.5, 0.6) is 5.75 Å². The predicted molar refractivity (Wildman–Crippen MR) is 130 cm³/mol. The van der Waals surface area contributed by atoms with Crippen molar-refractivity contribution in [1.82, 2.24) is 24.9 Å². The van der Waals surface area contributed by atoms with E-state index in [0.29, 0.717) is 36.2 Å². The van der Waals surface area contributed by atoms with Crippen molar-refractivity contribution in [2.24, 2.45) is 0 Å². The maximum atomic E-state index is 13.2. The predicted octanol–water partition coefficient (Wildman–Crippen LogP) is 4.14. The second-order valence-corrected chi connectivity index (χ2v) is 9.11. The molecule has 2 aromatic heterocycles. The number of carbonyl (C=O) groups excluding carboxylic acids is 1. The van der Waals surface area contributed by atoms with Gasteiger partial charge in [-0.15, -0.1) is 11.3 Å². The molecule has 2 aromatic carbocycles. The first-order chi connectivity index (χ1) is 16.6. The molecule has 1 fully saturated rings. The monoisotopic (exact) mass is 475 g/mol. The molecule has 1 amide bonds. The number of aromatic nitrogens is 3. The molecule has 174 valence electrons. The van der Waals surface area contributed by atoms with E-state index in [1.165, 1.54) is 11.3 Å². The fourth-order valence-electron chi connectivity index (χ4n) is 3.92. The third-order valence-corrected chi connectivity index (χ3v) is 7.04. The number of nitrogens with zero attached hydrogens (tertiary/aromatic N) is 5. The van der Waals surface area contributed by atoms with Crippen molar-refractivity contribution in [3.63, 3.8) is 0 Å². The van der Waals surface area contributed by atoms with Gasteiger partial charge in [0.25, 0.3) is 5.91 Å². The molecule has 0 atom stereocenters. The molecule has 1 aliphatic rings. The van der Waals surface area contributed by atoms with E-state index in [1.54, 1.807) is 7.11 Å². The summed E-state index contributed by atoms with van der Waals surface area (Å²) in [7, 11) is 1.63. The van der Waals surface area contributed by atoms with Gasteiger partial charge in [-0.2, -0.15) is 4.98 Å². The van der Waals surface area contributed by atoms with Crippen molar-refractivity contribution in [2.75, 3.05) is 33.3 Å². The third kappa shape index (κ3) is 4.71. The second-order valence-electron chi connectivity index (χ2n) is 8.11. The third-order valence-electron chi connectivity index (χ3n) is 5.85. The van der Waals surface area contributed by atoms with E-state index >= 15 is 0 Å². The summed E-state index contributed by atoms with van der Waals surface area (Å²) in [5, 5.41) is 4.98. The molecule has 0 saturated carbocycles. The molecule has 0 bridgehead atoms. The summed E-state index contributed by atoms with van der Waals surface area (Å²) in [5.74, 6) is 1.96. The van der Waals surface area contributed by atoms with Gasteiger partial charge in [0.15, 0.2) is 0 Å². The van der Waals surface area contributed by atoms with Gasteiger partial charge in [-0.25, -0.2) is 4.98 Å². The first-order valence-corrected chi connectivity index (χ1v) is 11.9. The zero-order valence-electron chi connectivity index (χ0n) is 19.1. The summed E-state index contributed by atoms with van der Waals surface area (Å²) in [4.78, 5) is 27.2. The van der Waals surface area contributed by atoms with Crippen LogP contribution in [0.25, 0.3) is 22.0 Å². The van der Waals surface area contributed by atoms with Crippen molar-refractivity contribution in [3.05, 3.63) is 71.1 Å². The average Bonchev–Trinajstić information content (AvgIpc) is 3.51. The number of ether oxygens (including phenoxy) is 1. The number of hydrogen-bond donors (Lipinski definition) is 0. The van der Waals surface area contributed by atoms with Crippen molar-refractivity contribution in [1.29, 1.82) is 0 Å². The van der Waals surface area contributed by atoms with Crippen LogP contribution in [0, 0.1) is 6.92 Å². The Labute approximate surface area is 201 Å². The van der Waals surface area contributed by atoms with Gasteiger partial charge >= 0.3 is 0 Å². The number of thiazole rings is 1. The maximum absolute atomic E-state index is 13.2. The summed E-state index contributed by atoms with van der Waals surface area (Å²) < 4.78 is 10.7. The van der Waals surface area contributed by atoms with E-state index in [1.807, 2.05) is 66.4 Å². The molecule has 5 rings (SSSR count). The van der Waals surface area contributed by atoms with E-state index < -0.39 is 0 Å². The van der Waals surface area contributed by atoms with Crippen LogP contribution in [0.1, 0.15) is 21.3 Å². The fourth-order valence-corrected chi connectivity index (χ4v) is 4.96. The first kappa shape index (κ1) is 22.2.